The second kappa shape index (κ2) is 10.9. The molecule has 11 heteroatoms. The first kappa shape index (κ1) is 24.7. The van der Waals surface area contributed by atoms with Gasteiger partial charge in [-0.1, -0.05) is 54.1 Å². The van der Waals surface area contributed by atoms with E-state index >= 15 is 0 Å². The van der Waals surface area contributed by atoms with Crippen LogP contribution in [0.4, 0.5) is 17.1 Å². The summed E-state index contributed by atoms with van der Waals surface area (Å²) in [6.07, 6.45) is 1.47. The molecule has 0 radical (unpaired) electrons. The molecule has 4 aromatic carbocycles. The maximum Gasteiger partial charge on any atom is 0.270 e. The molecule has 9 nitrogen and oxygen atoms in total. The third-order valence-corrected chi connectivity index (χ3v) is 6.55. The number of hydrogen-bond acceptors (Lipinski definition) is 7. The minimum Gasteiger partial charge on any atom is -0.457 e. The van der Waals surface area contributed by atoms with Crippen LogP contribution >= 0.6 is 11.6 Å². The van der Waals surface area contributed by atoms with Gasteiger partial charge in [-0.15, -0.1) is 0 Å². The molecular formula is C25H19ClN4O5S. The van der Waals surface area contributed by atoms with E-state index in [4.69, 9.17) is 16.3 Å². The number of sulfonamides is 1. The van der Waals surface area contributed by atoms with Crippen LogP contribution in [-0.2, 0) is 10.0 Å². The number of benzene rings is 4. The molecule has 0 amide bonds. The summed E-state index contributed by atoms with van der Waals surface area (Å²) in [5, 5.41) is 15.6. The number of nitrogens with zero attached hydrogens (tertiary/aromatic N) is 2. The van der Waals surface area contributed by atoms with Gasteiger partial charge >= 0.3 is 0 Å². The third kappa shape index (κ3) is 6.17. The number of ether oxygens (including phenoxy) is 1. The number of hydrazone groups is 1. The number of nitrogens with one attached hydrogen (secondary N) is 2. The van der Waals surface area contributed by atoms with Crippen molar-refractivity contribution in [2.75, 3.05) is 10.1 Å². The number of halogens is 1. The van der Waals surface area contributed by atoms with Gasteiger partial charge in [0.05, 0.1) is 27.5 Å². The van der Waals surface area contributed by atoms with Crippen LogP contribution in [0.5, 0.6) is 11.5 Å². The second-order valence-corrected chi connectivity index (χ2v) is 9.44. The van der Waals surface area contributed by atoms with E-state index in [-0.39, 0.29) is 21.3 Å². The van der Waals surface area contributed by atoms with Crippen molar-refractivity contribution in [3.63, 3.8) is 0 Å². The van der Waals surface area contributed by atoms with Gasteiger partial charge in [0.2, 0.25) is 0 Å². The molecule has 0 atom stereocenters. The van der Waals surface area contributed by atoms with Gasteiger partial charge in [-0.05, 0) is 48.0 Å². The highest BCUT2D eigenvalue weighted by Crippen LogP contribution is 2.30. The zero-order chi connectivity index (χ0) is 25.5. The fourth-order valence-corrected chi connectivity index (χ4v) is 4.64. The highest BCUT2D eigenvalue weighted by atomic mass is 35.5. The van der Waals surface area contributed by atoms with Gasteiger partial charge in [0.15, 0.2) is 0 Å². The average molecular weight is 523 g/mol. The van der Waals surface area contributed by atoms with Crippen molar-refractivity contribution in [2.45, 2.75) is 4.90 Å². The fourth-order valence-electron chi connectivity index (χ4n) is 3.14. The van der Waals surface area contributed by atoms with Crippen LogP contribution in [0.1, 0.15) is 5.56 Å². The number of anilines is 2. The molecule has 0 aliphatic carbocycles. The first-order valence-electron chi connectivity index (χ1n) is 10.5. The summed E-state index contributed by atoms with van der Waals surface area (Å²) in [5.74, 6) is 1.27. The Hall–Kier alpha value is -4.41. The number of nitro groups is 1. The zero-order valence-electron chi connectivity index (χ0n) is 18.5. The highest BCUT2D eigenvalue weighted by Gasteiger charge is 2.23. The molecule has 0 spiro atoms. The summed E-state index contributed by atoms with van der Waals surface area (Å²) in [6, 6.07) is 26.0. The van der Waals surface area contributed by atoms with Gasteiger partial charge in [-0.2, -0.15) is 5.10 Å². The lowest BCUT2D eigenvalue weighted by Gasteiger charge is -2.13. The predicted molar refractivity (Wildman–Crippen MR) is 140 cm³/mol. The summed E-state index contributed by atoms with van der Waals surface area (Å²) < 4.78 is 34.4. The SMILES string of the molecule is O=[N+]([O-])c1ccc(NN=Cc2cccc(Oc3ccccc3)c2)c(S(=O)(=O)Nc2ccccc2Cl)c1. The largest absolute Gasteiger partial charge is 0.457 e. The molecule has 4 rings (SSSR count). The Morgan fingerprint density at radius 1 is 0.861 bits per heavy atom. The molecule has 0 unspecified atom stereocenters. The topological polar surface area (TPSA) is 123 Å². The van der Waals surface area contributed by atoms with Gasteiger partial charge in [-0.3, -0.25) is 20.3 Å². The van der Waals surface area contributed by atoms with Crippen LogP contribution in [0.3, 0.4) is 0 Å². The summed E-state index contributed by atoms with van der Waals surface area (Å²) in [5.41, 5.74) is 3.11. The fraction of sp³-hybridized carbons (Fsp3) is 0. The minimum atomic E-state index is -4.25. The Balaban J connectivity index is 1.58. The molecule has 0 aliphatic rings. The lowest BCUT2D eigenvalue weighted by Crippen LogP contribution is -2.15. The second-order valence-electron chi connectivity index (χ2n) is 7.38. The van der Waals surface area contributed by atoms with Crippen molar-refractivity contribution in [1.29, 1.82) is 0 Å². The Bertz CT molecular complexity index is 1530. The van der Waals surface area contributed by atoms with E-state index < -0.39 is 20.6 Å². The Labute approximate surface area is 212 Å². The van der Waals surface area contributed by atoms with E-state index in [1.807, 2.05) is 30.3 Å². The van der Waals surface area contributed by atoms with Gasteiger partial charge in [-0.25, -0.2) is 8.42 Å². The van der Waals surface area contributed by atoms with Gasteiger partial charge < -0.3 is 4.74 Å². The molecule has 4 aromatic rings. The monoisotopic (exact) mass is 522 g/mol. The lowest BCUT2D eigenvalue weighted by atomic mass is 10.2. The van der Waals surface area contributed by atoms with E-state index in [1.54, 1.807) is 36.4 Å². The molecule has 0 aromatic heterocycles. The number of hydrogen-bond donors (Lipinski definition) is 2. The van der Waals surface area contributed by atoms with Gasteiger partial charge in [0, 0.05) is 12.1 Å². The molecule has 0 bridgehead atoms. The van der Waals surface area contributed by atoms with Crippen LogP contribution in [-0.4, -0.2) is 19.6 Å². The van der Waals surface area contributed by atoms with E-state index in [9.17, 15) is 18.5 Å². The molecule has 0 fully saturated rings. The van der Waals surface area contributed by atoms with Crippen molar-refractivity contribution in [3.8, 4) is 11.5 Å². The summed E-state index contributed by atoms with van der Waals surface area (Å²) in [4.78, 5) is 10.2. The normalized spacial score (nSPS) is 11.2. The Morgan fingerprint density at radius 2 is 1.58 bits per heavy atom. The minimum absolute atomic E-state index is 0.0353. The number of nitro benzene ring substituents is 1. The molecule has 0 saturated heterocycles. The van der Waals surface area contributed by atoms with E-state index in [1.165, 1.54) is 30.5 Å². The van der Waals surface area contributed by atoms with Gasteiger partial charge in [0.25, 0.3) is 15.7 Å². The van der Waals surface area contributed by atoms with E-state index in [0.29, 0.717) is 17.1 Å². The van der Waals surface area contributed by atoms with Crippen molar-refractivity contribution >= 4 is 44.9 Å². The highest BCUT2D eigenvalue weighted by molar-refractivity contribution is 7.93. The van der Waals surface area contributed by atoms with Crippen LogP contribution in [0.25, 0.3) is 0 Å². The maximum absolute atomic E-state index is 13.1. The maximum atomic E-state index is 13.1. The quantitative estimate of drug-likeness (QED) is 0.151. The molecule has 0 aliphatic heterocycles. The average Bonchev–Trinajstić information content (AvgIpc) is 2.86. The van der Waals surface area contributed by atoms with E-state index in [2.05, 4.69) is 15.2 Å². The number of para-hydroxylation sites is 2. The van der Waals surface area contributed by atoms with Crippen molar-refractivity contribution in [3.05, 3.63) is 118 Å². The van der Waals surface area contributed by atoms with Crippen molar-refractivity contribution in [1.82, 2.24) is 0 Å². The van der Waals surface area contributed by atoms with Crippen LogP contribution < -0.4 is 14.9 Å². The van der Waals surface area contributed by atoms with Crippen LogP contribution in [0, 0.1) is 10.1 Å². The van der Waals surface area contributed by atoms with Crippen LogP contribution in [0.15, 0.2) is 107 Å². The standard InChI is InChI=1S/C25H19ClN4O5S/c26-22-11-4-5-12-23(22)29-36(33,34)25-16-19(30(31)32)13-14-24(25)28-27-17-18-7-6-10-21(15-18)35-20-8-2-1-3-9-20/h1-17,28-29H. The molecule has 2 N–H and O–H groups in total. The number of non-ortho nitro benzene ring substituents is 1. The summed E-state index contributed by atoms with van der Waals surface area (Å²) in [6.45, 7) is 0. The Kier molecular flexibility index (Phi) is 7.47. The third-order valence-electron chi connectivity index (χ3n) is 4.82. The molecule has 0 saturated carbocycles. The Morgan fingerprint density at radius 3 is 2.33 bits per heavy atom. The predicted octanol–water partition coefficient (Wildman–Crippen LogP) is 6.29. The van der Waals surface area contributed by atoms with Crippen molar-refractivity contribution in [2.24, 2.45) is 5.10 Å². The van der Waals surface area contributed by atoms with E-state index in [0.717, 1.165) is 6.07 Å². The first-order valence-corrected chi connectivity index (χ1v) is 12.4. The molecular weight excluding hydrogens is 504 g/mol. The molecule has 36 heavy (non-hydrogen) atoms. The summed E-state index contributed by atoms with van der Waals surface area (Å²) in [7, 11) is -4.25. The lowest BCUT2D eigenvalue weighted by molar-refractivity contribution is -0.385. The van der Waals surface area contributed by atoms with Gasteiger partial charge in [0.1, 0.15) is 16.4 Å². The first-order chi connectivity index (χ1) is 17.3. The zero-order valence-corrected chi connectivity index (χ0v) is 20.1. The van der Waals surface area contributed by atoms with Crippen molar-refractivity contribution < 1.29 is 18.1 Å². The molecule has 0 heterocycles. The number of rotatable bonds is 9. The smallest absolute Gasteiger partial charge is 0.270 e. The molecule has 182 valence electrons. The summed E-state index contributed by atoms with van der Waals surface area (Å²) >= 11 is 6.07. The van der Waals surface area contributed by atoms with Crippen LogP contribution in [0.2, 0.25) is 5.02 Å².